The summed E-state index contributed by atoms with van der Waals surface area (Å²) in [5.41, 5.74) is 0.625. The average Bonchev–Trinajstić information content (AvgIpc) is 2.83. The first-order valence-corrected chi connectivity index (χ1v) is 8.15. The summed E-state index contributed by atoms with van der Waals surface area (Å²) >= 11 is 8.17. The third-order valence-corrected chi connectivity index (χ3v) is 4.34. The molecular weight excluding hydrogens is 401 g/mol. The highest BCUT2D eigenvalue weighted by Gasteiger charge is 2.22. The van der Waals surface area contributed by atoms with Gasteiger partial charge in [0.1, 0.15) is 11.5 Å². The lowest BCUT2D eigenvalue weighted by atomic mass is 10.1. The van der Waals surface area contributed by atoms with E-state index in [4.69, 9.17) is 16.0 Å². The molecule has 1 aromatic heterocycles. The lowest BCUT2D eigenvalue weighted by molar-refractivity contribution is 0.0674. The van der Waals surface area contributed by atoms with Crippen LogP contribution in [0.3, 0.4) is 0 Å². The molecule has 1 amide bonds. The maximum atomic E-state index is 12.8. The van der Waals surface area contributed by atoms with Gasteiger partial charge in [-0.1, -0.05) is 11.6 Å². The Balaban J connectivity index is 2.29. The van der Waals surface area contributed by atoms with Crippen LogP contribution >= 0.6 is 34.2 Å². The fourth-order valence-electron chi connectivity index (χ4n) is 2.04. The Bertz CT molecular complexity index is 651. The van der Waals surface area contributed by atoms with Crippen molar-refractivity contribution in [3.05, 3.63) is 56.0 Å². The molecule has 0 aliphatic carbocycles. The van der Waals surface area contributed by atoms with Gasteiger partial charge in [-0.3, -0.25) is 4.79 Å². The van der Waals surface area contributed by atoms with Crippen LogP contribution in [0.4, 0.5) is 0 Å². The summed E-state index contributed by atoms with van der Waals surface area (Å²) in [5.74, 6) is 1.59. The molecule has 5 heteroatoms. The average molecular weight is 418 g/mol. The van der Waals surface area contributed by atoms with E-state index >= 15 is 0 Å². The number of carbonyl (C=O) groups excluding carboxylic acids is 1. The number of hydrogen-bond donors (Lipinski definition) is 0. The normalized spacial score (nSPS) is 11.0. The first-order valence-electron chi connectivity index (χ1n) is 6.70. The van der Waals surface area contributed by atoms with Crippen molar-refractivity contribution in [1.29, 1.82) is 0 Å². The van der Waals surface area contributed by atoms with Gasteiger partial charge in [0.2, 0.25) is 0 Å². The van der Waals surface area contributed by atoms with Crippen molar-refractivity contribution in [3.8, 4) is 0 Å². The Morgan fingerprint density at radius 3 is 2.62 bits per heavy atom. The van der Waals surface area contributed by atoms with Gasteiger partial charge >= 0.3 is 0 Å². The van der Waals surface area contributed by atoms with Crippen LogP contribution in [0.15, 0.2) is 34.7 Å². The molecule has 0 saturated carbocycles. The van der Waals surface area contributed by atoms with Crippen LogP contribution in [-0.2, 0) is 6.54 Å². The lowest BCUT2D eigenvalue weighted by Crippen LogP contribution is -2.36. The Hall–Kier alpha value is -1.01. The van der Waals surface area contributed by atoms with Crippen LogP contribution in [0, 0.1) is 10.5 Å². The Kier molecular flexibility index (Phi) is 5.32. The number of rotatable bonds is 4. The standard InChI is InChI=1S/C16H17ClINO2/c1-10(2)19(9-13-6-4-11(3)21-13)16(20)14-8-12(17)5-7-15(14)18/h4-8,10H,9H2,1-3H3. The highest BCUT2D eigenvalue weighted by atomic mass is 127. The SMILES string of the molecule is Cc1ccc(CN(C(=O)c2cc(Cl)ccc2I)C(C)C)o1. The van der Waals surface area contributed by atoms with Gasteiger partial charge in [-0.2, -0.15) is 0 Å². The van der Waals surface area contributed by atoms with E-state index in [1.54, 1.807) is 17.0 Å². The molecule has 0 N–H and O–H groups in total. The van der Waals surface area contributed by atoms with Crippen LogP contribution in [0.1, 0.15) is 35.7 Å². The van der Waals surface area contributed by atoms with Crippen molar-refractivity contribution in [2.75, 3.05) is 0 Å². The van der Waals surface area contributed by atoms with Gasteiger partial charge < -0.3 is 9.32 Å². The predicted octanol–water partition coefficient (Wildman–Crippen LogP) is 4.90. The minimum Gasteiger partial charge on any atom is -0.464 e. The number of amides is 1. The third kappa shape index (κ3) is 4.01. The van der Waals surface area contributed by atoms with E-state index in [0.29, 0.717) is 17.1 Å². The van der Waals surface area contributed by atoms with E-state index in [9.17, 15) is 4.79 Å². The molecule has 2 rings (SSSR count). The topological polar surface area (TPSA) is 33.5 Å². The number of furan rings is 1. The quantitative estimate of drug-likeness (QED) is 0.663. The van der Waals surface area contributed by atoms with Crippen molar-refractivity contribution < 1.29 is 9.21 Å². The van der Waals surface area contributed by atoms with Gasteiger partial charge in [0, 0.05) is 14.6 Å². The first kappa shape index (κ1) is 16.4. The highest BCUT2D eigenvalue weighted by molar-refractivity contribution is 14.1. The van der Waals surface area contributed by atoms with Gasteiger partial charge in [0.25, 0.3) is 5.91 Å². The Labute approximate surface area is 143 Å². The Morgan fingerprint density at radius 1 is 1.33 bits per heavy atom. The largest absolute Gasteiger partial charge is 0.464 e. The van der Waals surface area contributed by atoms with Crippen molar-refractivity contribution in [2.24, 2.45) is 0 Å². The number of hydrogen-bond acceptors (Lipinski definition) is 2. The zero-order valence-corrected chi connectivity index (χ0v) is 15.1. The fraction of sp³-hybridized carbons (Fsp3) is 0.312. The van der Waals surface area contributed by atoms with Crippen LogP contribution in [0.2, 0.25) is 5.02 Å². The summed E-state index contributed by atoms with van der Waals surface area (Å²) in [4.78, 5) is 14.6. The number of halogens is 2. The first-order chi connectivity index (χ1) is 9.88. The third-order valence-electron chi connectivity index (χ3n) is 3.17. The van der Waals surface area contributed by atoms with Gasteiger partial charge in [0.15, 0.2) is 0 Å². The Morgan fingerprint density at radius 2 is 2.05 bits per heavy atom. The van der Waals surface area contributed by atoms with Crippen LogP contribution in [0.25, 0.3) is 0 Å². The zero-order valence-electron chi connectivity index (χ0n) is 12.2. The van der Waals surface area contributed by atoms with E-state index in [-0.39, 0.29) is 11.9 Å². The molecule has 1 aromatic carbocycles. The zero-order chi connectivity index (χ0) is 15.6. The van der Waals surface area contributed by atoms with Crippen molar-refractivity contribution in [1.82, 2.24) is 4.90 Å². The second kappa shape index (κ2) is 6.83. The van der Waals surface area contributed by atoms with Gasteiger partial charge in [-0.25, -0.2) is 0 Å². The van der Waals surface area contributed by atoms with Gasteiger partial charge in [0.05, 0.1) is 12.1 Å². The monoisotopic (exact) mass is 417 g/mol. The summed E-state index contributed by atoms with van der Waals surface area (Å²) in [7, 11) is 0. The van der Waals surface area contributed by atoms with E-state index in [1.807, 2.05) is 39.0 Å². The molecule has 0 fully saturated rings. The van der Waals surface area contributed by atoms with Crippen molar-refractivity contribution in [3.63, 3.8) is 0 Å². The summed E-state index contributed by atoms with van der Waals surface area (Å²) < 4.78 is 6.47. The van der Waals surface area contributed by atoms with Crippen molar-refractivity contribution in [2.45, 2.75) is 33.4 Å². The molecule has 0 aliphatic rings. The number of carbonyl (C=O) groups is 1. The summed E-state index contributed by atoms with van der Waals surface area (Å²) in [6.07, 6.45) is 0. The predicted molar refractivity (Wildman–Crippen MR) is 92.6 cm³/mol. The summed E-state index contributed by atoms with van der Waals surface area (Å²) in [5, 5.41) is 0.566. The summed E-state index contributed by atoms with van der Waals surface area (Å²) in [6, 6.07) is 9.23. The second-order valence-corrected chi connectivity index (χ2v) is 6.76. The van der Waals surface area contributed by atoms with Gasteiger partial charge in [-0.05, 0) is 73.7 Å². The second-order valence-electron chi connectivity index (χ2n) is 5.16. The number of benzene rings is 1. The maximum Gasteiger partial charge on any atom is 0.255 e. The van der Waals surface area contributed by atoms with Crippen LogP contribution in [0.5, 0.6) is 0 Å². The molecule has 2 aromatic rings. The minimum absolute atomic E-state index is 0.0362. The molecule has 112 valence electrons. The smallest absolute Gasteiger partial charge is 0.255 e. The lowest BCUT2D eigenvalue weighted by Gasteiger charge is -2.26. The molecular formula is C16H17ClINO2. The molecule has 3 nitrogen and oxygen atoms in total. The molecule has 0 radical (unpaired) electrons. The minimum atomic E-state index is -0.0362. The maximum absolute atomic E-state index is 12.8. The van der Waals surface area contributed by atoms with Crippen LogP contribution in [-0.4, -0.2) is 16.8 Å². The van der Waals surface area contributed by atoms with E-state index in [0.717, 1.165) is 15.1 Å². The molecule has 0 bridgehead atoms. The molecule has 0 saturated heterocycles. The van der Waals surface area contributed by atoms with Crippen LogP contribution < -0.4 is 0 Å². The molecule has 0 spiro atoms. The molecule has 0 atom stereocenters. The number of aryl methyl sites for hydroxylation is 1. The number of nitrogens with zero attached hydrogens (tertiary/aromatic N) is 1. The van der Waals surface area contributed by atoms with E-state index in [2.05, 4.69) is 22.6 Å². The van der Waals surface area contributed by atoms with Crippen molar-refractivity contribution >= 4 is 40.1 Å². The van der Waals surface area contributed by atoms with Gasteiger partial charge in [-0.15, -0.1) is 0 Å². The molecule has 0 aliphatic heterocycles. The molecule has 21 heavy (non-hydrogen) atoms. The molecule has 1 heterocycles. The fourth-order valence-corrected chi connectivity index (χ4v) is 2.78. The summed E-state index contributed by atoms with van der Waals surface area (Å²) in [6.45, 7) is 6.33. The van der Waals surface area contributed by atoms with E-state index < -0.39 is 0 Å². The highest BCUT2D eigenvalue weighted by Crippen LogP contribution is 2.22. The van der Waals surface area contributed by atoms with E-state index in [1.165, 1.54) is 0 Å². The molecule has 0 unspecified atom stereocenters.